The van der Waals surface area contributed by atoms with E-state index in [1.54, 1.807) is 0 Å². The Morgan fingerprint density at radius 1 is 1.28 bits per heavy atom. The molecule has 0 spiro atoms. The van der Waals surface area contributed by atoms with Gasteiger partial charge in [-0.25, -0.2) is 4.79 Å². The minimum absolute atomic E-state index is 0.0203. The number of primary amides is 1. The minimum atomic E-state index is -2.90. The number of rotatable bonds is 5. The van der Waals surface area contributed by atoms with Crippen LogP contribution in [0.3, 0.4) is 0 Å². The normalized spacial score (nSPS) is 9.94. The topological polar surface area (TPSA) is 93.5 Å². The number of carbonyl (C=O) groups excluding carboxylic acids is 2. The van der Waals surface area contributed by atoms with Gasteiger partial charge in [-0.3, -0.25) is 4.79 Å². The monoisotopic (exact) mass is 259 g/mol. The average molecular weight is 259 g/mol. The molecule has 0 heterocycles. The summed E-state index contributed by atoms with van der Waals surface area (Å²) < 4.78 is 27.9. The molecule has 8 heteroatoms. The maximum absolute atomic E-state index is 11.9. The first-order valence-corrected chi connectivity index (χ1v) is 4.85. The second kappa shape index (κ2) is 6.38. The summed E-state index contributed by atoms with van der Waals surface area (Å²) in [6.07, 6.45) is 0. The van der Waals surface area contributed by atoms with E-state index in [4.69, 9.17) is 5.73 Å². The molecule has 0 bridgehead atoms. The Hall–Kier alpha value is -2.38. The van der Waals surface area contributed by atoms with E-state index in [1.165, 1.54) is 24.3 Å². The van der Waals surface area contributed by atoms with Crippen LogP contribution in [0.15, 0.2) is 24.3 Å². The first kappa shape index (κ1) is 13.7. The molecular formula is C10H11F2N3O3. The average Bonchev–Trinajstić information content (AvgIpc) is 2.28. The second-order valence-electron chi connectivity index (χ2n) is 3.18. The fourth-order valence-electron chi connectivity index (χ4n) is 1.06. The summed E-state index contributed by atoms with van der Waals surface area (Å²) in [6, 6.07) is 4.67. The van der Waals surface area contributed by atoms with Crippen molar-refractivity contribution in [1.82, 2.24) is 5.32 Å². The predicted molar refractivity (Wildman–Crippen MR) is 59.3 cm³/mol. The van der Waals surface area contributed by atoms with E-state index in [0.717, 1.165) is 0 Å². The van der Waals surface area contributed by atoms with Crippen molar-refractivity contribution in [3.8, 4) is 5.75 Å². The third-order valence-electron chi connectivity index (χ3n) is 1.76. The second-order valence-corrected chi connectivity index (χ2v) is 3.18. The van der Waals surface area contributed by atoms with Crippen LogP contribution in [0.2, 0.25) is 0 Å². The number of benzene rings is 1. The van der Waals surface area contributed by atoms with Gasteiger partial charge in [0, 0.05) is 5.69 Å². The van der Waals surface area contributed by atoms with Crippen molar-refractivity contribution in [3.05, 3.63) is 24.3 Å². The molecule has 0 saturated carbocycles. The smallest absolute Gasteiger partial charge is 0.387 e. The molecule has 1 aromatic rings. The zero-order valence-electron chi connectivity index (χ0n) is 9.15. The van der Waals surface area contributed by atoms with Crippen LogP contribution in [-0.4, -0.2) is 25.1 Å². The van der Waals surface area contributed by atoms with Crippen LogP contribution in [0.25, 0.3) is 0 Å². The van der Waals surface area contributed by atoms with Crippen LogP contribution in [-0.2, 0) is 4.79 Å². The predicted octanol–water partition coefficient (Wildman–Crippen LogP) is 0.895. The maximum atomic E-state index is 11.9. The number of urea groups is 1. The molecule has 3 amide bonds. The number of halogens is 2. The van der Waals surface area contributed by atoms with Gasteiger partial charge in [-0.15, -0.1) is 0 Å². The van der Waals surface area contributed by atoms with Gasteiger partial charge in [-0.2, -0.15) is 8.78 Å². The van der Waals surface area contributed by atoms with Crippen LogP contribution < -0.4 is 21.1 Å². The maximum Gasteiger partial charge on any atom is 0.387 e. The zero-order valence-corrected chi connectivity index (χ0v) is 9.15. The van der Waals surface area contributed by atoms with E-state index in [9.17, 15) is 18.4 Å². The molecule has 0 saturated heterocycles. The fourth-order valence-corrected chi connectivity index (χ4v) is 1.06. The van der Waals surface area contributed by atoms with Crippen LogP contribution in [0.1, 0.15) is 0 Å². The molecule has 0 aliphatic carbocycles. The number of nitrogens with two attached hydrogens (primary N) is 1. The highest BCUT2D eigenvalue weighted by Crippen LogP contribution is 2.17. The lowest BCUT2D eigenvalue weighted by molar-refractivity contribution is -0.117. The summed E-state index contributed by atoms with van der Waals surface area (Å²) in [6.45, 7) is -3.19. The molecule has 18 heavy (non-hydrogen) atoms. The summed E-state index contributed by atoms with van der Waals surface area (Å²) in [4.78, 5) is 21.6. The Bertz CT molecular complexity index is 423. The van der Waals surface area contributed by atoms with E-state index in [-0.39, 0.29) is 12.3 Å². The molecule has 1 rings (SSSR count). The number of nitrogens with one attached hydrogen (secondary N) is 2. The van der Waals surface area contributed by atoms with Crippen molar-refractivity contribution >= 4 is 17.6 Å². The summed E-state index contributed by atoms with van der Waals surface area (Å²) in [5.41, 5.74) is 5.19. The lowest BCUT2D eigenvalue weighted by Gasteiger charge is -2.07. The number of ether oxygens (including phenoxy) is 1. The molecule has 4 N–H and O–H groups in total. The third kappa shape index (κ3) is 5.10. The van der Waals surface area contributed by atoms with Gasteiger partial charge in [0.25, 0.3) is 0 Å². The van der Waals surface area contributed by atoms with E-state index < -0.39 is 18.5 Å². The highest BCUT2D eigenvalue weighted by atomic mass is 19.3. The van der Waals surface area contributed by atoms with Crippen molar-refractivity contribution in [2.24, 2.45) is 5.73 Å². The number of hydrogen-bond donors (Lipinski definition) is 3. The largest absolute Gasteiger partial charge is 0.435 e. The molecule has 98 valence electrons. The minimum Gasteiger partial charge on any atom is -0.435 e. The highest BCUT2D eigenvalue weighted by Gasteiger charge is 2.05. The molecule has 0 aromatic heterocycles. The van der Waals surface area contributed by atoms with Crippen molar-refractivity contribution in [1.29, 1.82) is 0 Å². The molecule has 0 atom stereocenters. The fraction of sp³-hybridized carbons (Fsp3) is 0.200. The Kier molecular flexibility index (Phi) is 4.85. The Morgan fingerprint density at radius 3 is 2.39 bits per heavy atom. The summed E-state index contributed by atoms with van der Waals surface area (Å²) >= 11 is 0. The molecular weight excluding hydrogens is 248 g/mol. The van der Waals surface area contributed by atoms with Gasteiger partial charge in [0.05, 0.1) is 6.54 Å². The zero-order chi connectivity index (χ0) is 13.5. The third-order valence-corrected chi connectivity index (χ3v) is 1.76. The first-order valence-electron chi connectivity index (χ1n) is 4.85. The molecule has 0 aliphatic heterocycles. The molecule has 0 fully saturated rings. The van der Waals surface area contributed by atoms with Crippen molar-refractivity contribution in [2.45, 2.75) is 6.61 Å². The van der Waals surface area contributed by atoms with Crippen molar-refractivity contribution in [2.75, 3.05) is 11.9 Å². The molecule has 6 nitrogen and oxygen atoms in total. The van der Waals surface area contributed by atoms with E-state index >= 15 is 0 Å². The first-order chi connectivity index (χ1) is 8.47. The highest BCUT2D eigenvalue weighted by molar-refractivity contribution is 5.91. The standard InChI is InChI=1S/C10H11F2N3O3/c11-9(12)18-7-3-1-6(2-4-7)15-10(17)14-5-8(13)16/h1-4,9H,5H2,(H2,13,16)(H2,14,15,17). The van der Waals surface area contributed by atoms with Gasteiger partial charge in [0.1, 0.15) is 5.75 Å². The molecule has 0 aliphatic rings. The number of anilines is 1. The van der Waals surface area contributed by atoms with Gasteiger partial charge in [0.15, 0.2) is 0 Å². The number of amides is 3. The Labute approximate surface area is 101 Å². The van der Waals surface area contributed by atoms with Gasteiger partial charge < -0.3 is 21.1 Å². The molecule has 0 unspecified atom stereocenters. The summed E-state index contributed by atoms with van der Waals surface area (Å²) in [5.74, 6) is -0.695. The van der Waals surface area contributed by atoms with Crippen molar-refractivity contribution in [3.63, 3.8) is 0 Å². The Balaban J connectivity index is 2.48. The number of alkyl halides is 2. The van der Waals surface area contributed by atoms with Gasteiger partial charge in [-0.05, 0) is 24.3 Å². The lowest BCUT2D eigenvalue weighted by Crippen LogP contribution is -2.36. The van der Waals surface area contributed by atoms with E-state index in [1.807, 2.05) is 0 Å². The van der Waals surface area contributed by atoms with E-state index in [2.05, 4.69) is 15.4 Å². The lowest BCUT2D eigenvalue weighted by atomic mass is 10.3. The number of carbonyl (C=O) groups is 2. The molecule has 0 radical (unpaired) electrons. The van der Waals surface area contributed by atoms with Crippen LogP contribution in [0.5, 0.6) is 5.75 Å². The van der Waals surface area contributed by atoms with Gasteiger partial charge in [-0.1, -0.05) is 0 Å². The van der Waals surface area contributed by atoms with Crippen LogP contribution >= 0.6 is 0 Å². The van der Waals surface area contributed by atoms with Crippen LogP contribution in [0.4, 0.5) is 19.3 Å². The SMILES string of the molecule is NC(=O)CNC(=O)Nc1ccc(OC(F)F)cc1. The van der Waals surface area contributed by atoms with Gasteiger partial charge >= 0.3 is 12.6 Å². The van der Waals surface area contributed by atoms with Crippen molar-refractivity contribution < 1.29 is 23.1 Å². The quantitative estimate of drug-likeness (QED) is 0.733. The van der Waals surface area contributed by atoms with Crippen LogP contribution in [0, 0.1) is 0 Å². The summed E-state index contributed by atoms with van der Waals surface area (Å²) in [5, 5.41) is 4.58. The van der Waals surface area contributed by atoms with E-state index in [0.29, 0.717) is 5.69 Å². The summed E-state index contributed by atoms with van der Waals surface area (Å²) in [7, 11) is 0. The number of hydrogen-bond acceptors (Lipinski definition) is 3. The van der Waals surface area contributed by atoms with Gasteiger partial charge in [0.2, 0.25) is 5.91 Å². The Morgan fingerprint density at radius 2 is 1.89 bits per heavy atom. The molecule has 1 aromatic carbocycles.